The number of anilines is 1. The van der Waals surface area contributed by atoms with Crippen molar-refractivity contribution in [3.05, 3.63) is 57.7 Å². The fourth-order valence-corrected chi connectivity index (χ4v) is 3.26. The number of aromatic nitrogens is 1. The van der Waals surface area contributed by atoms with Crippen molar-refractivity contribution in [2.45, 2.75) is 4.90 Å². The lowest BCUT2D eigenvalue weighted by molar-refractivity contribution is -0.385. The van der Waals surface area contributed by atoms with E-state index in [-0.39, 0.29) is 21.4 Å². The third kappa shape index (κ3) is 2.96. The zero-order valence-corrected chi connectivity index (χ0v) is 12.4. The molecule has 0 atom stereocenters. The molecular weight excluding hydrogens is 318 g/mol. The van der Waals surface area contributed by atoms with Gasteiger partial charge in [-0.2, -0.15) is 0 Å². The minimum atomic E-state index is -4.04. The van der Waals surface area contributed by atoms with Gasteiger partial charge in [0.2, 0.25) is 0 Å². The van der Waals surface area contributed by atoms with Crippen molar-refractivity contribution in [1.29, 1.82) is 0 Å². The van der Waals surface area contributed by atoms with Crippen LogP contribution >= 0.6 is 11.6 Å². The summed E-state index contributed by atoms with van der Waals surface area (Å²) in [5.74, 6) is 0.181. The molecule has 0 unspecified atom stereocenters. The number of sulfonamides is 1. The van der Waals surface area contributed by atoms with Crippen molar-refractivity contribution in [3.63, 3.8) is 0 Å². The number of halogens is 1. The summed E-state index contributed by atoms with van der Waals surface area (Å²) in [6.45, 7) is 0. The number of nitrogens with zero attached hydrogens (tertiary/aromatic N) is 3. The normalized spacial score (nSPS) is 11.1. The Morgan fingerprint density at radius 2 is 2.00 bits per heavy atom. The Labute approximate surface area is 126 Å². The number of hydrogen-bond donors (Lipinski definition) is 0. The quantitative estimate of drug-likeness (QED) is 0.635. The monoisotopic (exact) mass is 327 g/mol. The number of non-ortho nitro benzene ring substituents is 1. The number of nitro groups is 1. The van der Waals surface area contributed by atoms with Crippen LogP contribution in [0.2, 0.25) is 5.02 Å². The zero-order chi connectivity index (χ0) is 15.6. The molecule has 1 aromatic heterocycles. The van der Waals surface area contributed by atoms with E-state index in [1.807, 2.05) is 0 Å². The summed E-state index contributed by atoms with van der Waals surface area (Å²) in [6.07, 6.45) is 1.44. The third-order valence-corrected chi connectivity index (χ3v) is 4.98. The molecular formula is C12H10ClN3O4S. The van der Waals surface area contributed by atoms with Gasteiger partial charge in [0, 0.05) is 25.4 Å². The van der Waals surface area contributed by atoms with Crippen molar-refractivity contribution in [1.82, 2.24) is 4.98 Å². The lowest BCUT2D eigenvalue weighted by Crippen LogP contribution is -2.27. The summed E-state index contributed by atoms with van der Waals surface area (Å²) in [7, 11) is -2.75. The largest absolute Gasteiger partial charge is 0.270 e. The van der Waals surface area contributed by atoms with Gasteiger partial charge in [-0.05, 0) is 18.2 Å². The van der Waals surface area contributed by atoms with Crippen LogP contribution in [0.15, 0.2) is 47.5 Å². The predicted octanol–water partition coefficient (Wildman–Crippen LogP) is 2.47. The predicted molar refractivity (Wildman–Crippen MR) is 77.9 cm³/mol. The number of hydrogen-bond acceptors (Lipinski definition) is 5. The molecule has 7 nitrogen and oxygen atoms in total. The van der Waals surface area contributed by atoms with E-state index in [9.17, 15) is 18.5 Å². The van der Waals surface area contributed by atoms with Gasteiger partial charge in [-0.15, -0.1) is 0 Å². The highest BCUT2D eigenvalue weighted by atomic mass is 35.5. The van der Waals surface area contributed by atoms with Crippen molar-refractivity contribution in [3.8, 4) is 0 Å². The second-order valence-electron chi connectivity index (χ2n) is 4.03. The van der Waals surface area contributed by atoms with E-state index in [1.54, 1.807) is 12.1 Å². The second-order valence-corrected chi connectivity index (χ2v) is 6.38. The standard InChI is InChI=1S/C12H10ClN3O4S/c1-15(12-4-2-3-7-14-12)21(19,20)11-8-9(16(17)18)5-6-10(11)13/h2-8H,1H3. The Morgan fingerprint density at radius 1 is 1.29 bits per heavy atom. The maximum Gasteiger partial charge on any atom is 0.270 e. The number of rotatable bonds is 4. The van der Waals surface area contributed by atoms with Gasteiger partial charge in [-0.25, -0.2) is 13.4 Å². The minimum Gasteiger partial charge on any atom is -0.258 e. The van der Waals surface area contributed by atoms with Crippen LogP contribution in [-0.2, 0) is 10.0 Å². The second kappa shape index (κ2) is 5.66. The van der Waals surface area contributed by atoms with Crippen LogP contribution in [0.25, 0.3) is 0 Å². The van der Waals surface area contributed by atoms with Gasteiger partial charge in [0.15, 0.2) is 0 Å². The third-order valence-electron chi connectivity index (χ3n) is 2.74. The van der Waals surface area contributed by atoms with E-state index in [0.29, 0.717) is 0 Å². The molecule has 0 saturated heterocycles. The molecule has 110 valence electrons. The van der Waals surface area contributed by atoms with Crippen molar-refractivity contribution < 1.29 is 13.3 Å². The summed E-state index contributed by atoms with van der Waals surface area (Å²) < 4.78 is 25.9. The molecule has 1 aromatic carbocycles. The lowest BCUT2D eigenvalue weighted by Gasteiger charge is -2.18. The molecule has 0 radical (unpaired) electrons. The van der Waals surface area contributed by atoms with E-state index in [0.717, 1.165) is 16.4 Å². The first kappa shape index (κ1) is 15.2. The SMILES string of the molecule is CN(c1ccccn1)S(=O)(=O)c1cc([N+](=O)[O-])ccc1Cl. The fraction of sp³-hybridized carbons (Fsp3) is 0.0833. The van der Waals surface area contributed by atoms with Crippen LogP contribution in [0.1, 0.15) is 0 Å². The molecule has 0 aliphatic rings. The van der Waals surface area contributed by atoms with Crippen molar-refractivity contribution >= 4 is 33.1 Å². The van der Waals surface area contributed by atoms with Crippen LogP contribution in [0, 0.1) is 10.1 Å². The van der Waals surface area contributed by atoms with Crippen LogP contribution in [-0.4, -0.2) is 25.4 Å². The first-order valence-corrected chi connectivity index (χ1v) is 7.50. The summed E-state index contributed by atoms with van der Waals surface area (Å²) in [6, 6.07) is 8.02. The Hall–Kier alpha value is -2.19. The molecule has 21 heavy (non-hydrogen) atoms. The van der Waals surface area contributed by atoms with E-state index >= 15 is 0 Å². The molecule has 0 fully saturated rings. The number of pyridine rings is 1. The highest BCUT2D eigenvalue weighted by Gasteiger charge is 2.27. The topological polar surface area (TPSA) is 93.4 Å². The highest BCUT2D eigenvalue weighted by Crippen LogP contribution is 2.29. The number of nitro benzene ring substituents is 1. The van der Waals surface area contributed by atoms with Crippen molar-refractivity contribution in [2.75, 3.05) is 11.4 Å². The van der Waals surface area contributed by atoms with Gasteiger partial charge in [0.25, 0.3) is 15.7 Å². The molecule has 0 saturated carbocycles. The van der Waals surface area contributed by atoms with Gasteiger partial charge in [0.05, 0.1) is 9.95 Å². The summed E-state index contributed by atoms with van der Waals surface area (Å²) >= 11 is 5.87. The van der Waals surface area contributed by atoms with Crippen LogP contribution in [0.3, 0.4) is 0 Å². The Bertz CT molecular complexity index is 780. The fourth-order valence-electron chi connectivity index (χ4n) is 1.61. The smallest absolute Gasteiger partial charge is 0.258 e. The van der Waals surface area contributed by atoms with Gasteiger partial charge in [0.1, 0.15) is 10.7 Å². The van der Waals surface area contributed by atoms with E-state index < -0.39 is 14.9 Å². The molecule has 0 aliphatic heterocycles. The first-order valence-electron chi connectivity index (χ1n) is 5.68. The molecule has 0 N–H and O–H groups in total. The maximum atomic E-state index is 12.5. The van der Waals surface area contributed by atoms with Gasteiger partial charge < -0.3 is 0 Å². The Balaban J connectivity index is 2.54. The molecule has 0 amide bonds. The van der Waals surface area contributed by atoms with E-state index in [1.165, 1.54) is 25.4 Å². The Morgan fingerprint density at radius 3 is 2.57 bits per heavy atom. The van der Waals surface area contributed by atoms with Crippen molar-refractivity contribution in [2.24, 2.45) is 0 Å². The molecule has 0 bridgehead atoms. The zero-order valence-electron chi connectivity index (χ0n) is 10.8. The summed E-state index contributed by atoms with van der Waals surface area (Å²) in [5.41, 5.74) is -0.354. The maximum absolute atomic E-state index is 12.5. The molecule has 0 aliphatic carbocycles. The average molecular weight is 328 g/mol. The average Bonchev–Trinajstić information content (AvgIpc) is 2.47. The van der Waals surface area contributed by atoms with Gasteiger partial charge in [-0.1, -0.05) is 17.7 Å². The molecule has 2 aromatic rings. The van der Waals surface area contributed by atoms with Crippen LogP contribution < -0.4 is 4.31 Å². The lowest BCUT2D eigenvalue weighted by atomic mass is 10.3. The number of benzene rings is 1. The van der Waals surface area contributed by atoms with E-state index in [4.69, 9.17) is 11.6 Å². The van der Waals surface area contributed by atoms with E-state index in [2.05, 4.69) is 4.98 Å². The summed E-state index contributed by atoms with van der Waals surface area (Å²) in [4.78, 5) is 13.7. The Kier molecular flexibility index (Phi) is 4.10. The minimum absolute atomic E-state index is 0.0941. The molecule has 2 rings (SSSR count). The highest BCUT2D eigenvalue weighted by molar-refractivity contribution is 7.93. The van der Waals surface area contributed by atoms with Gasteiger partial charge in [-0.3, -0.25) is 14.4 Å². The summed E-state index contributed by atoms with van der Waals surface area (Å²) in [5, 5.41) is 10.7. The van der Waals surface area contributed by atoms with Crippen LogP contribution in [0.4, 0.5) is 11.5 Å². The van der Waals surface area contributed by atoms with Gasteiger partial charge >= 0.3 is 0 Å². The molecule has 1 heterocycles. The first-order chi connectivity index (χ1) is 9.84. The van der Waals surface area contributed by atoms with Crippen LogP contribution in [0.5, 0.6) is 0 Å². The molecule has 9 heteroatoms. The molecule has 0 spiro atoms.